The second-order valence-electron chi connectivity index (χ2n) is 7.66. The first-order chi connectivity index (χ1) is 13.1. The second kappa shape index (κ2) is 7.62. The molecule has 0 bridgehead atoms. The summed E-state index contributed by atoms with van der Waals surface area (Å²) in [6.07, 6.45) is 6.33. The third-order valence-corrected chi connectivity index (χ3v) is 5.85. The van der Waals surface area contributed by atoms with E-state index in [1.807, 2.05) is 0 Å². The molecule has 0 aliphatic heterocycles. The number of aromatic amines is 1. The van der Waals surface area contributed by atoms with E-state index in [0.29, 0.717) is 30.3 Å². The summed E-state index contributed by atoms with van der Waals surface area (Å²) in [6, 6.07) is 5.97. The van der Waals surface area contributed by atoms with Crippen LogP contribution in [0.5, 0.6) is 0 Å². The van der Waals surface area contributed by atoms with Crippen LogP contribution in [-0.2, 0) is 17.6 Å². The molecule has 2 aromatic rings. The van der Waals surface area contributed by atoms with Gasteiger partial charge in [0.05, 0.1) is 5.69 Å². The van der Waals surface area contributed by atoms with Crippen molar-refractivity contribution in [2.45, 2.75) is 44.9 Å². The molecule has 4 rings (SSSR count). The van der Waals surface area contributed by atoms with Crippen molar-refractivity contribution in [1.82, 2.24) is 15.3 Å². The van der Waals surface area contributed by atoms with E-state index in [-0.39, 0.29) is 23.2 Å². The van der Waals surface area contributed by atoms with Crippen LogP contribution >= 0.6 is 0 Å². The van der Waals surface area contributed by atoms with Gasteiger partial charge in [0.2, 0.25) is 5.91 Å². The number of aromatic nitrogens is 2. The van der Waals surface area contributed by atoms with E-state index < -0.39 is 0 Å². The van der Waals surface area contributed by atoms with Crippen molar-refractivity contribution in [3.63, 3.8) is 0 Å². The summed E-state index contributed by atoms with van der Waals surface area (Å²) in [5.41, 5.74) is 2.16. The fraction of sp³-hybridized carbons (Fsp3) is 0.476. The average molecular weight is 369 g/mol. The number of rotatable bonds is 4. The Hall–Kier alpha value is -2.50. The first-order valence-electron chi connectivity index (χ1n) is 9.76. The van der Waals surface area contributed by atoms with Crippen LogP contribution in [0.2, 0.25) is 0 Å². The molecule has 0 radical (unpaired) electrons. The topological polar surface area (TPSA) is 74.8 Å². The van der Waals surface area contributed by atoms with Gasteiger partial charge in [0, 0.05) is 23.6 Å². The molecule has 0 spiro atoms. The Morgan fingerprint density at radius 2 is 1.89 bits per heavy atom. The van der Waals surface area contributed by atoms with Crippen molar-refractivity contribution in [2.75, 3.05) is 6.54 Å². The molecule has 2 N–H and O–H groups in total. The van der Waals surface area contributed by atoms with Crippen molar-refractivity contribution in [3.05, 3.63) is 51.7 Å². The van der Waals surface area contributed by atoms with Crippen molar-refractivity contribution in [1.29, 1.82) is 0 Å². The molecule has 1 aromatic carbocycles. The van der Waals surface area contributed by atoms with E-state index in [1.54, 1.807) is 12.1 Å². The van der Waals surface area contributed by atoms with E-state index in [9.17, 15) is 14.0 Å². The number of aryl methyl sites for hydroxylation is 1. The molecule has 2 aliphatic carbocycles. The monoisotopic (exact) mass is 369 g/mol. The zero-order chi connectivity index (χ0) is 18.8. The lowest BCUT2D eigenvalue weighted by molar-refractivity contribution is -0.127. The summed E-state index contributed by atoms with van der Waals surface area (Å²) in [5, 5.41) is 3.09. The SMILES string of the molecule is O=C(NCC1CCc2nc(-c3ccc(F)cc3)[nH]c(=O)c2CC1)C1CCC1. The number of halogens is 1. The third-order valence-electron chi connectivity index (χ3n) is 5.85. The van der Waals surface area contributed by atoms with Crippen LogP contribution in [-0.4, -0.2) is 22.4 Å². The van der Waals surface area contributed by atoms with Gasteiger partial charge >= 0.3 is 0 Å². The molecule has 0 saturated heterocycles. The van der Waals surface area contributed by atoms with Gasteiger partial charge in [-0.05, 0) is 68.7 Å². The van der Waals surface area contributed by atoms with Crippen molar-refractivity contribution < 1.29 is 9.18 Å². The third kappa shape index (κ3) is 3.94. The molecule has 2 aliphatic rings. The summed E-state index contributed by atoms with van der Waals surface area (Å²) in [7, 11) is 0. The molecule has 1 aromatic heterocycles. The Bertz CT molecular complexity index is 887. The quantitative estimate of drug-likeness (QED) is 0.814. The lowest BCUT2D eigenvalue weighted by Gasteiger charge is -2.25. The van der Waals surface area contributed by atoms with E-state index in [0.717, 1.165) is 49.8 Å². The number of carbonyl (C=O) groups excluding carboxylic acids is 1. The number of benzene rings is 1. The summed E-state index contributed by atoms with van der Waals surface area (Å²) in [5.74, 6) is 0.906. The van der Waals surface area contributed by atoms with Crippen LogP contribution in [0.15, 0.2) is 29.1 Å². The minimum Gasteiger partial charge on any atom is -0.356 e. The number of nitrogens with one attached hydrogen (secondary N) is 2. The Labute approximate surface area is 157 Å². The maximum absolute atomic E-state index is 13.1. The summed E-state index contributed by atoms with van der Waals surface area (Å²) >= 11 is 0. The van der Waals surface area contributed by atoms with E-state index in [2.05, 4.69) is 15.3 Å². The molecule has 1 unspecified atom stereocenters. The molecule has 1 heterocycles. The van der Waals surface area contributed by atoms with Gasteiger partial charge in [0.1, 0.15) is 11.6 Å². The lowest BCUT2D eigenvalue weighted by atomic mass is 9.84. The highest BCUT2D eigenvalue weighted by molar-refractivity contribution is 5.79. The predicted octanol–water partition coefficient (Wildman–Crippen LogP) is 2.99. The normalized spacial score (nSPS) is 19.7. The van der Waals surface area contributed by atoms with Crippen molar-refractivity contribution >= 4 is 5.91 Å². The molecule has 1 atom stereocenters. The first-order valence-corrected chi connectivity index (χ1v) is 9.76. The molecule has 1 saturated carbocycles. The van der Waals surface area contributed by atoms with Gasteiger partial charge in [0.15, 0.2) is 0 Å². The number of nitrogens with zero attached hydrogens (tertiary/aromatic N) is 1. The van der Waals surface area contributed by atoms with Gasteiger partial charge in [0.25, 0.3) is 5.56 Å². The fourth-order valence-electron chi connectivity index (χ4n) is 3.85. The van der Waals surface area contributed by atoms with Crippen LogP contribution in [0.1, 0.15) is 43.4 Å². The minimum absolute atomic E-state index is 0.113. The van der Waals surface area contributed by atoms with Gasteiger partial charge in [-0.15, -0.1) is 0 Å². The van der Waals surface area contributed by atoms with E-state index in [1.165, 1.54) is 12.1 Å². The van der Waals surface area contributed by atoms with Gasteiger partial charge < -0.3 is 10.3 Å². The van der Waals surface area contributed by atoms with Gasteiger partial charge in [-0.2, -0.15) is 0 Å². The van der Waals surface area contributed by atoms with Crippen LogP contribution < -0.4 is 10.9 Å². The molecular formula is C21H24FN3O2. The number of amides is 1. The van der Waals surface area contributed by atoms with Crippen LogP contribution in [0, 0.1) is 17.7 Å². The highest BCUT2D eigenvalue weighted by Gasteiger charge is 2.26. The number of hydrogen-bond acceptors (Lipinski definition) is 3. The number of fused-ring (bicyclic) bond motifs is 1. The van der Waals surface area contributed by atoms with Gasteiger partial charge in [-0.25, -0.2) is 9.37 Å². The van der Waals surface area contributed by atoms with E-state index in [4.69, 9.17) is 0 Å². The van der Waals surface area contributed by atoms with E-state index >= 15 is 0 Å². The molecule has 1 fully saturated rings. The highest BCUT2D eigenvalue weighted by Crippen LogP contribution is 2.27. The molecule has 1 amide bonds. The van der Waals surface area contributed by atoms with Crippen LogP contribution in [0.3, 0.4) is 0 Å². The minimum atomic E-state index is -0.317. The molecule has 142 valence electrons. The average Bonchev–Trinajstić information content (AvgIpc) is 2.82. The van der Waals surface area contributed by atoms with Gasteiger partial charge in [-0.3, -0.25) is 9.59 Å². The largest absolute Gasteiger partial charge is 0.356 e. The maximum atomic E-state index is 13.1. The summed E-state index contributed by atoms with van der Waals surface area (Å²) < 4.78 is 13.1. The van der Waals surface area contributed by atoms with Gasteiger partial charge in [-0.1, -0.05) is 6.42 Å². The Kier molecular flexibility index (Phi) is 5.05. The number of hydrogen-bond donors (Lipinski definition) is 2. The zero-order valence-corrected chi connectivity index (χ0v) is 15.3. The Morgan fingerprint density at radius 3 is 2.59 bits per heavy atom. The molecule has 6 heteroatoms. The molecular weight excluding hydrogens is 345 g/mol. The summed E-state index contributed by atoms with van der Waals surface area (Å²) in [6.45, 7) is 0.673. The lowest BCUT2D eigenvalue weighted by Crippen LogP contribution is -2.37. The Morgan fingerprint density at radius 1 is 1.15 bits per heavy atom. The van der Waals surface area contributed by atoms with Crippen LogP contribution in [0.25, 0.3) is 11.4 Å². The highest BCUT2D eigenvalue weighted by atomic mass is 19.1. The maximum Gasteiger partial charge on any atom is 0.254 e. The smallest absolute Gasteiger partial charge is 0.254 e. The molecule has 27 heavy (non-hydrogen) atoms. The second-order valence-corrected chi connectivity index (χ2v) is 7.66. The Balaban J connectivity index is 1.45. The van der Waals surface area contributed by atoms with Crippen molar-refractivity contribution in [3.8, 4) is 11.4 Å². The number of H-pyrrole nitrogens is 1. The zero-order valence-electron chi connectivity index (χ0n) is 15.3. The fourth-order valence-corrected chi connectivity index (χ4v) is 3.85. The number of carbonyl (C=O) groups is 1. The standard InChI is InChI=1S/C21H24FN3O2/c22-16-8-6-14(7-9-16)19-24-18-11-5-13(4-10-17(18)21(27)25-19)12-23-20(26)15-2-1-3-15/h6-9,13,15H,1-5,10-12H2,(H,23,26)(H,24,25,27). The molecule has 5 nitrogen and oxygen atoms in total. The summed E-state index contributed by atoms with van der Waals surface area (Å²) in [4.78, 5) is 32.1. The predicted molar refractivity (Wildman–Crippen MR) is 101 cm³/mol. The first kappa shape index (κ1) is 17.9. The van der Waals surface area contributed by atoms with Crippen molar-refractivity contribution in [2.24, 2.45) is 11.8 Å². The van der Waals surface area contributed by atoms with Crippen LogP contribution in [0.4, 0.5) is 4.39 Å².